The highest BCUT2D eigenvalue weighted by Gasteiger charge is 2.46. The molecule has 2 atom stereocenters. The largest absolute Gasteiger partial charge is 0.310 e. The van der Waals surface area contributed by atoms with Crippen LogP contribution in [0.4, 0.5) is 17.1 Å². The van der Waals surface area contributed by atoms with Crippen molar-refractivity contribution < 1.29 is 0 Å². The predicted molar refractivity (Wildman–Crippen MR) is 276 cm³/mol. The summed E-state index contributed by atoms with van der Waals surface area (Å²) < 4.78 is 2.40. The average Bonchev–Trinajstić information content (AvgIpc) is 3.69. The molecule has 2 fully saturated rings. The molecule has 316 valence electrons. The summed E-state index contributed by atoms with van der Waals surface area (Å²) in [4.78, 5) is 2.54. The van der Waals surface area contributed by atoms with Crippen molar-refractivity contribution in [3.05, 3.63) is 218 Å². The van der Waals surface area contributed by atoms with E-state index in [0.717, 1.165) is 17.8 Å². The minimum absolute atomic E-state index is 0.185. The summed E-state index contributed by atoms with van der Waals surface area (Å²) in [7, 11) is 0. The minimum Gasteiger partial charge on any atom is -0.310 e. The molecule has 0 unspecified atom stereocenters. The third-order valence-electron chi connectivity index (χ3n) is 14.9. The molecule has 0 N–H and O–H groups in total. The van der Waals surface area contributed by atoms with E-state index in [1.54, 1.807) is 0 Å². The fraction of sp³-hybridized carbons (Fsp3) is 0.175. The van der Waals surface area contributed by atoms with Crippen LogP contribution in [-0.4, -0.2) is 4.57 Å². The van der Waals surface area contributed by atoms with Crippen molar-refractivity contribution in [3.63, 3.8) is 0 Å². The molecular formula is C63H54N2. The maximum atomic E-state index is 2.54. The van der Waals surface area contributed by atoms with Crippen molar-refractivity contribution in [3.8, 4) is 39.1 Å². The zero-order chi connectivity index (χ0) is 43.5. The second kappa shape index (κ2) is 16.1. The molecule has 2 aliphatic rings. The Morgan fingerprint density at radius 3 is 1.54 bits per heavy atom. The lowest BCUT2D eigenvalue weighted by atomic mass is 9.54. The van der Waals surface area contributed by atoms with E-state index in [1.165, 1.54) is 126 Å². The highest BCUT2D eigenvalue weighted by atomic mass is 15.1. The van der Waals surface area contributed by atoms with Gasteiger partial charge in [-0.15, -0.1) is 0 Å². The van der Waals surface area contributed by atoms with Gasteiger partial charge in [0.15, 0.2) is 0 Å². The van der Waals surface area contributed by atoms with Crippen LogP contribution in [0.25, 0.3) is 71.6 Å². The summed E-state index contributed by atoms with van der Waals surface area (Å²) in [6, 6.07) is 78.9. The van der Waals surface area contributed by atoms with Gasteiger partial charge in [-0.25, -0.2) is 0 Å². The summed E-state index contributed by atoms with van der Waals surface area (Å²) in [5.41, 5.74) is 16.3. The highest BCUT2D eigenvalue weighted by molar-refractivity contribution is 6.09. The Balaban J connectivity index is 0.891. The first-order valence-electron chi connectivity index (χ1n) is 23.7. The molecule has 0 aliphatic heterocycles. The van der Waals surface area contributed by atoms with E-state index in [2.05, 4.69) is 236 Å². The monoisotopic (exact) mass is 838 g/mol. The molecule has 2 bridgehead atoms. The topological polar surface area (TPSA) is 8.17 Å². The van der Waals surface area contributed by atoms with Crippen molar-refractivity contribution >= 4 is 49.6 Å². The van der Waals surface area contributed by atoms with Crippen molar-refractivity contribution in [1.82, 2.24) is 4.57 Å². The maximum absolute atomic E-state index is 2.54. The van der Waals surface area contributed by atoms with E-state index in [1.807, 2.05) is 0 Å². The van der Waals surface area contributed by atoms with E-state index in [0.29, 0.717) is 0 Å². The van der Waals surface area contributed by atoms with E-state index < -0.39 is 0 Å². The maximum Gasteiger partial charge on any atom is 0.0541 e. The number of hydrogen-bond donors (Lipinski definition) is 0. The van der Waals surface area contributed by atoms with Crippen molar-refractivity contribution in [2.45, 2.75) is 51.4 Å². The average molecular weight is 839 g/mol. The molecule has 2 nitrogen and oxygen atoms in total. The van der Waals surface area contributed by atoms with Crippen molar-refractivity contribution in [2.24, 2.45) is 17.8 Å². The van der Waals surface area contributed by atoms with E-state index in [4.69, 9.17) is 0 Å². The molecule has 0 amide bonds. The quantitative estimate of drug-likeness (QED) is 0.148. The van der Waals surface area contributed by atoms with E-state index in [-0.39, 0.29) is 5.41 Å². The van der Waals surface area contributed by atoms with Crippen LogP contribution in [0.2, 0.25) is 0 Å². The van der Waals surface area contributed by atoms with Gasteiger partial charge in [0.2, 0.25) is 0 Å². The van der Waals surface area contributed by atoms with Gasteiger partial charge in [0, 0.05) is 33.5 Å². The predicted octanol–water partition coefficient (Wildman–Crippen LogP) is 17.5. The van der Waals surface area contributed by atoms with Gasteiger partial charge in [-0.2, -0.15) is 0 Å². The van der Waals surface area contributed by atoms with Crippen LogP contribution in [0.3, 0.4) is 0 Å². The van der Waals surface area contributed by atoms with Crippen LogP contribution < -0.4 is 4.90 Å². The van der Waals surface area contributed by atoms with Crippen LogP contribution >= 0.6 is 0 Å². The van der Waals surface area contributed by atoms with Gasteiger partial charge in [0.25, 0.3) is 0 Å². The number of para-hydroxylation sites is 3. The second-order valence-electron chi connectivity index (χ2n) is 19.4. The van der Waals surface area contributed by atoms with Gasteiger partial charge in [-0.1, -0.05) is 166 Å². The molecule has 2 saturated carbocycles. The van der Waals surface area contributed by atoms with Crippen LogP contribution in [-0.2, 0) is 5.41 Å². The lowest BCUT2D eigenvalue weighted by Crippen LogP contribution is -2.43. The molecule has 0 saturated heterocycles. The molecule has 10 aromatic rings. The first kappa shape index (κ1) is 39.4. The first-order valence-corrected chi connectivity index (χ1v) is 23.7. The molecular weight excluding hydrogens is 785 g/mol. The number of nitrogens with zero attached hydrogens (tertiary/aromatic N) is 2. The number of rotatable bonds is 8. The molecule has 9 aromatic carbocycles. The van der Waals surface area contributed by atoms with Gasteiger partial charge in [0.05, 0.1) is 11.0 Å². The third kappa shape index (κ3) is 7.13. The fourth-order valence-corrected chi connectivity index (χ4v) is 12.4. The van der Waals surface area contributed by atoms with Gasteiger partial charge in [-0.05, 0) is 166 Å². The van der Waals surface area contributed by atoms with Crippen LogP contribution in [0, 0.1) is 17.8 Å². The Labute approximate surface area is 383 Å². The first-order chi connectivity index (χ1) is 32.0. The third-order valence-corrected chi connectivity index (χ3v) is 14.9. The number of fused-ring (bicyclic) bond motifs is 6. The zero-order valence-electron chi connectivity index (χ0n) is 37.4. The summed E-state index contributed by atoms with van der Waals surface area (Å²) in [5.74, 6) is 2.28. The van der Waals surface area contributed by atoms with Gasteiger partial charge in [0.1, 0.15) is 0 Å². The minimum atomic E-state index is 0.185. The Kier molecular flexibility index (Phi) is 9.78. The number of benzene rings is 9. The summed E-state index contributed by atoms with van der Waals surface area (Å²) in [6.45, 7) is 5.00. The van der Waals surface area contributed by atoms with Crippen LogP contribution in [0.1, 0.15) is 51.5 Å². The molecule has 0 radical (unpaired) electrons. The van der Waals surface area contributed by atoms with E-state index >= 15 is 0 Å². The SMILES string of the molecule is C[C@H]1CC2C[C@H](C)CC(c3ccccc3N(c3ccc(-c4ccc(-c5cccc(-n6c7ccccc7c7ccccc76)c5)cc4)cc3)c3ccc(-c4ccc5ccccc5c4)cc3)(C2)C1. The summed E-state index contributed by atoms with van der Waals surface area (Å²) in [5, 5.41) is 5.10. The smallest absolute Gasteiger partial charge is 0.0541 e. The van der Waals surface area contributed by atoms with Gasteiger partial charge in [-0.3, -0.25) is 0 Å². The zero-order valence-corrected chi connectivity index (χ0v) is 37.4. The summed E-state index contributed by atoms with van der Waals surface area (Å²) in [6.07, 6.45) is 6.56. The molecule has 2 heteroatoms. The van der Waals surface area contributed by atoms with Crippen molar-refractivity contribution in [2.75, 3.05) is 4.90 Å². The standard InChI is InChI=1S/C63H54N2/c1-43-36-45-37-44(2)41-63(40-43,42-45)59-18-7-10-21-62(59)64(55-34-30-50(31-35-55)53-27-26-46-12-3-4-13-51(46)38-53)54-32-28-48(29-33-54)47-22-24-49(25-23-47)52-14-11-15-56(39-52)65-60-19-8-5-16-57(60)58-17-6-9-20-61(58)65/h3-35,38-39,43-45H,36-37,40-42H2,1-2H3/t43-,44-,45?,63?/m0/s1. The van der Waals surface area contributed by atoms with Gasteiger partial charge < -0.3 is 9.47 Å². The Morgan fingerprint density at radius 1 is 0.415 bits per heavy atom. The molecule has 1 aromatic heterocycles. The van der Waals surface area contributed by atoms with Crippen LogP contribution in [0.5, 0.6) is 0 Å². The number of aromatic nitrogens is 1. The Hall–Kier alpha value is -7.16. The molecule has 12 rings (SSSR count). The number of anilines is 3. The molecule has 0 spiro atoms. The second-order valence-corrected chi connectivity index (χ2v) is 19.4. The fourth-order valence-electron chi connectivity index (χ4n) is 12.4. The Bertz CT molecular complexity index is 3260. The molecule has 65 heavy (non-hydrogen) atoms. The van der Waals surface area contributed by atoms with E-state index in [9.17, 15) is 0 Å². The van der Waals surface area contributed by atoms with Crippen molar-refractivity contribution in [1.29, 1.82) is 0 Å². The molecule has 1 heterocycles. The lowest BCUT2D eigenvalue weighted by molar-refractivity contribution is 0.0784. The Morgan fingerprint density at radius 2 is 0.908 bits per heavy atom. The van der Waals surface area contributed by atoms with Crippen LogP contribution in [0.15, 0.2) is 212 Å². The highest BCUT2D eigenvalue weighted by Crippen LogP contribution is 2.57. The normalized spacial score (nSPS) is 19.4. The lowest BCUT2D eigenvalue weighted by Gasteiger charge is -2.51. The number of hydrogen-bond acceptors (Lipinski definition) is 1. The molecule has 2 aliphatic carbocycles. The van der Waals surface area contributed by atoms with Gasteiger partial charge >= 0.3 is 0 Å². The summed E-state index contributed by atoms with van der Waals surface area (Å²) >= 11 is 0.